The van der Waals surface area contributed by atoms with Crippen molar-refractivity contribution in [2.45, 2.75) is 20.3 Å². The van der Waals surface area contributed by atoms with Crippen molar-refractivity contribution in [1.29, 1.82) is 0 Å². The van der Waals surface area contributed by atoms with Gasteiger partial charge in [0, 0.05) is 30.5 Å². The van der Waals surface area contributed by atoms with Crippen LogP contribution in [0.15, 0.2) is 54.6 Å². The van der Waals surface area contributed by atoms with Crippen LogP contribution < -0.4 is 15.5 Å². The molecule has 31 heavy (non-hydrogen) atoms. The summed E-state index contributed by atoms with van der Waals surface area (Å²) in [5.41, 5.74) is 3.81. The quantitative estimate of drug-likeness (QED) is 0.634. The highest BCUT2D eigenvalue weighted by Gasteiger charge is 2.14. The molecule has 1 amide bonds. The molecule has 0 aliphatic carbocycles. The van der Waals surface area contributed by atoms with Crippen molar-refractivity contribution in [1.82, 2.24) is 9.97 Å². The third kappa shape index (κ3) is 5.79. The zero-order chi connectivity index (χ0) is 21.6. The molecule has 1 aliphatic heterocycles. The Hall–Kier alpha value is -3.45. The number of hydrogen-bond acceptors (Lipinski definition) is 6. The molecule has 0 bridgehead atoms. The molecule has 7 heteroatoms. The lowest BCUT2D eigenvalue weighted by Gasteiger charge is -2.28. The smallest absolute Gasteiger partial charge is 0.228 e. The van der Waals surface area contributed by atoms with Gasteiger partial charge in [0.2, 0.25) is 5.91 Å². The van der Waals surface area contributed by atoms with Crippen LogP contribution in [-0.4, -0.2) is 42.2 Å². The van der Waals surface area contributed by atoms with Gasteiger partial charge in [-0.3, -0.25) is 4.79 Å². The third-order valence-electron chi connectivity index (χ3n) is 5.05. The summed E-state index contributed by atoms with van der Waals surface area (Å²) in [6.45, 7) is 6.99. The van der Waals surface area contributed by atoms with E-state index in [0.717, 1.165) is 47.2 Å². The number of hydrogen-bond donors (Lipinski definition) is 2. The second kappa shape index (κ2) is 9.57. The molecule has 160 valence electrons. The van der Waals surface area contributed by atoms with E-state index in [2.05, 4.69) is 25.5 Å². The van der Waals surface area contributed by atoms with Gasteiger partial charge < -0.3 is 20.3 Å². The summed E-state index contributed by atoms with van der Waals surface area (Å²) >= 11 is 0. The Morgan fingerprint density at radius 3 is 2.48 bits per heavy atom. The Balaban J connectivity index is 1.38. The van der Waals surface area contributed by atoms with E-state index in [0.29, 0.717) is 25.5 Å². The van der Waals surface area contributed by atoms with Gasteiger partial charge >= 0.3 is 0 Å². The van der Waals surface area contributed by atoms with Crippen LogP contribution in [0.5, 0.6) is 0 Å². The predicted octanol–water partition coefficient (Wildman–Crippen LogP) is 3.85. The summed E-state index contributed by atoms with van der Waals surface area (Å²) in [4.78, 5) is 23.6. The van der Waals surface area contributed by atoms with Gasteiger partial charge in [0.15, 0.2) is 0 Å². The number of aromatic nitrogens is 2. The molecule has 2 heterocycles. The number of ether oxygens (including phenoxy) is 1. The van der Waals surface area contributed by atoms with Gasteiger partial charge in [0.05, 0.1) is 19.6 Å². The summed E-state index contributed by atoms with van der Waals surface area (Å²) in [5, 5.41) is 6.28. The molecule has 3 aromatic rings. The maximum Gasteiger partial charge on any atom is 0.228 e. The standard InChI is InChI=1S/C24H27N5O2/c1-17-4-3-5-19(14-17)15-24(30)28-21-8-6-20(7-9-21)27-22-16-23(26-18(2)25-22)29-10-12-31-13-11-29/h3-9,14,16H,10-13,15H2,1-2H3,(H,28,30)(H,25,26,27). The molecular weight excluding hydrogens is 390 g/mol. The van der Waals surface area contributed by atoms with Crippen molar-refractivity contribution in [2.75, 3.05) is 41.8 Å². The highest BCUT2D eigenvalue weighted by atomic mass is 16.5. The molecular formula is C24H27N5O2. The Morgan fingerprint density at radius 1 is 1.00 bits per heavy atom. The van der Waals surface area contributed by atoms with Crippen LogP contribution in [0.3, 0.4) is 0 Å². The Kier molecular flexibility index (Phi) is 6.43. The fourth-order valence-corrected chi connectivity index (χ4v) is 3.57. The van der Waals surface area contributed by atoms with Crippen molar-refractivity contribution >= 4 is 28.9 Å². The number of morpholine rings is 1. The number of amides is 1. The molecule has 1 aromatic heterocycles. The lowest BCUT2D eigenvalue weighted by Crippen LogP contribution is -2.36. The molecule has 7 nitrogen and oxygen atoms in total. The summed E-state index contributed by atoms with van der Waals surface area (Å²) in [5.74, 6) is 2.32. The fraction of sp³-hybridized carbons (Fsp3) is 0.292. The first-order chi connectivity index (χ1) is 15.0. The van der Waals surface area contributed by atoms with Crippen molar-refractivity contribution < 1.29 is 9.53 Å². The van der Waals surface area contributed by atoms with Crippen molar-refractivity contribution in [3.8, 4) is 0 Å². The largest absolute Gasteiger partial charge is 0.378 e. The number of benzene rings is 2. The van der Waals surface area contributed by atoms with Gasteiger partial charge in [-0.15, -0.1) is 0 Å². The molecule has 0 spiro atoms. The first kappa shape index (κ1) is 20.8. The van der Waals surface area contributed by atoms with Crippen LogP contribution in [0, 0.1) is 13.8 Å². The third-order valence-corrected chi connectivity index (χ3v) is 5.05. The van der Waals surface area contributed by atoms with Gasteiger partial charge in [-0.25, -0.2) is 9.97 Å². The van der Waals surface area contributed by atoms with E-state index in [1.807, 2.05) is 68.4 Å². The maximum absolute atomic E-state index is 12.3. The van der Waals surface area contributed by atoms with E-state index in [-0.39, 0.29) is 5.91 Å². The number of carbonyl (C=O) groups is 1. The van der Waals surface area contributed by atoms with Crippen molar-refractivity contribution in [2.24, 2.45) is 0 Å². The summed E-state index contributed by atoms with van der Waals surface area (Å²) < 4.78 is 5.42. The topological polar surface area (TPSA) is 79.4 Å². The fourth-order valence-electron chi connectivity index (χ4n) is 3.57. The van der Waals surface area contributed by atoms with E-state index in [9.17, 15) is 4.79 Å². The SMILES string of the molecule is Cc1cccc(CC(=O)Nc2ccc(Nc3cc(N4CCOCC4)nc(C)n3)cc2)c1. The minimum absolute atomic E-state index is 0.0344. The van der Waals surface area contributed by atoms with Gasteiger partial charge in [-0.2, -0.15) is 0 Å². The van der Waals surface area contributed by atoms with Gasteiger partial charge in [0.25, 0.3) is 0 Å². The lowest BCUT2D eigenvalue weighted by atomic mass is 10.1. The number of rotatable bonds is 6. The van der Waals surface area contributed by atoms with Crippen molar-refractivity contribution in [3.63, 3.8) is 0 Å². The second-order valence-corrected chi connectivity index (χ2v) is 7.67. The first-order valence-corrected chi connectivity index (χ1v) is 10.5. The zero-order valence-electron chi connectivity index (χ0n) is 17.9. The predicted molar refractivity (Wildman–Crippen MR) is 123 cm³/mol. The monoisotopic (exact) mass is 417 g/mol. The molecule has 0 radical (unpaired) electrons. The number of nitrogens with zero attached hydrogens (tertiary/aromatic N) is 3. The van der Waals surface area contributed by atoms with Crippen LogP contribution in [0.25, 0.3) is 0 Å². The van der Waals surface area contributed by atoms with Crippen LogP contribution in [0.1, 0.15) is 17.0 Å². The Labute approximate surface area is 182 Å². The zero-order valence-corrected chi connectivity index (χ0v) is 17.9. The molecule has 0 atom stereocenters. The number of nitrogens with one attached hydrogen (secondary N) is 2. The average molecular weight is 418 g/mol. The van der Waals surface area contributed by atoms with Crippen LogP contribution in [0.4, 0.5) is 23.0 Å². The molecule has 1 fully saturated rings. The molecule has 2 N–H and O–H groups in total. The summed E-state index contributed by atoms with van der Waals surface area (Å²) in [6.07, 6.45) is 0.353. The van der Waals surface area contributed by atoms with Gasteiger partial charge in [-0.1, -0.05) is 29.8 Å². The van der Waals surface area contributed by atoms with E-state index in [4.69, 9.17) is 4.74 Å². The van der Waals surface area contributed by atoms with E-state index in [1.54, 1.807) is 0 Å². The molecule has 2 aromatic carbocycles. The minimum Gasteiger partial charge on any atom is -0.378 e. The Bertz CT molecular complexity index is 1050. The van der Waals surface area contributed by atoms with Gasteiger partial charge in [-0.05, 0) is 43.7 Å². The summed E-state index contributed by atoms with van der Waals surface area (Å²) in [7, 11) is 0. The lowest BCUT2D eigenvalue weighted by molar-refractivity contribution is -0.115. The van der Waals surface area contributed by atoms with Crippen molar-refractivity contribution in [3.05, 3.63) is 71.5 Å². The van der Waals surface area contributed by atoms with E-state index >= 15 is 0 Å². The minimum atomic E-state index is -0.0344. The van der Waals surface area contributed by atoms with E-state index in [1.165, 1.54) is 0 Å². The molecule has 0 unspecified atom stereocenters. The molecule has 1 saturated heterocycles. The average Bonchev–Trinajstić information content (AvgIpc) is 2.75. The molecule has 4 rings (SSSR count). The van der Waals surface area contributed by atoms with Crippen LogP contribution >= 0.6 is 0 Å². The molecule has 0 saturated carbocycles. The summed E-state index contributed by atoms with van der Waals surface area (Å²) in [6, 6.07) is 17.6. The second-order valence-electron chi connectivity index (χ2n) is 7.67. The van der Waals surface area contributed by atoms with Gasteiger partial charge in [0.1, 0.15) is 17.5 Å². The number of carbonyl (C=O) groups excluding carboxylic acids is 1. The maximum atomic E-state index is 12.3. The first-order valence-electron chi connectivity index (χ1n) is 10.5. The van der Waals surface area contributed by atoms with E-state index < -0.39 is 0 Å². The molecule has 1 aliphatic rings. The highest BCUT2D eigenvalue weighted by Crippen LogP contribution is 2.22. The van der Waals surface area contributed by atoms with Crippen LogP contribution in [0.2, 0.25) is 0 Å². The normalized spacial score (nSPS) is 13.7. The number of aryl methyl sites for hydroxylation is 2. The Morgan fingerprint density at radius 2 is 1.74 bits per heavy atom. The van der Waals surface area contributed by atoms with Crippen LogP contribution in [-0.2, 0) is 16.0 Å². The highest BCUT2D eigenvalue weighted by molar-refractivity contribution is 5.92. The number of anilines is 4.